The number of pyridine rings is 3. The number of piperazine rings is 1. The van der Waals surface area contributed by atoms with Crippen LogP contribution in [-0.2, 0) is 6.18 Å². The Labute approximate surface area is 210 Å². The van der Waals surface area contributed by atoms with E-state index in [1.807, 2.05) is 30.3 Å². The summed E-state index contributed by atoms with van der Waals surface area (Å²) in [6.45, 7) is 2.17. The number of anilines is 1. The topological polar surface area (TPSA) is 63.1 Å². The first kappa shape index (κ1) is 23.2. The second-order valence-corrected chi connectivity index (χ2v) is 8.98. The Bertz CT molecular complexity index is 1680. The maximum absolute atomic E-state index is 14.3. The number of alkyl halides is 3. The Morgan fingerprint density at radius 3 is 2.49 bits per heavy atom. The number of hydrogen-bond acceptors (Lipinski definition) is 5. The van der Waals surface area contributed by atoms with Crippen LogP contribution < -0.4 is 15.8 Å². The molecule has 1 fully saturated rings. The van der Waals surface area contributed by atoms with Crippen molar-refractivity contribution in [1.29, 1.82) is 0 Å². The van der Waals surface area contributed by atoms with E-state index in [2.05, 4.69) is 15.3 Å². The second kappa shape index (κ2) is 9.01. The van der Waals surface area contributed by atoms with Crippen LogP contribution in [0, 0.1) is 0 Å². The standard InChI is InChI=1S/C28H22F3N5O/c29-28(30,31)23-15-21(5-7-25(23)35-12-10-32-11-13-35)36-26(37)8-4-20-17-34-24-6-3-18(14-22(24)27(20)36)19-2-1-9-33-16-19/h1-9,14-17,32H,10-13H2. The smallest absolute Gasteiger partial charge is 0.368 e. The lowest BCUT2D eigenvalue weighted by Crippen LogP contribution is -2.44. The highest BCUT2D eigenvalue weighted by Gasteiger charge is 2.36. The third-order valence-electron chi connectivity index (χ3n) is 6.71. The zero-order valence-electron chi connectivity index (χ0n) is 19.7. The molecule has 1 saturated heterocycles. The summed E-state index contributed by atoms with van der Waals surface area (Å²) < 4.78 is 44.1. The minimum Gasteiger partial charge on any atom is -0.368 e. The van der Waals surface area contributed by atoms with Crippen molar-refractivity contribution in [3.63, 3.8) is 0 Å². The maximum atomic E-state index is 14.3. The van der Waals surface area contributed by atoms with Gasteiger partial charge >= 0.3 is 6.18 Å². The zero-order valence-corrected chi connectivity index (χ0v) is 19.7. The van der Waals surface area contributed by atoms with Crippen molar-refractivity contribution in [3.8, 4) is 16.8 Å². The van der Waals surface area contributed by atoms with Gasteiger partial charge in [-0.1, -0.05) is 12.1 Å². The average Bonchev–Trinajstić information content (AvgIpc) is 2.93. The fourth-order valence-electron chi connectivity index (χ4n) is 4.95. The van der Waals surface area contributed by atoms with Crippen molar-refractivity contribution in [2.45, 2.75) is 6.18 Å². The fraction of sp³-hybridized carbons (Fsp3) is 0.179. The molecule has 186 valence electrons. The molecule has 0 bridgehead atoms. The summed E-state index contributed by atoms with van der Waals surface area (Å²) in [7, 11) is 0. The van der Waals surface area contributed by atoms with Crippen molar-refractivity contribution in [2.24, 2.45) is 0 Å². The third kappa shape index (κ3) is 4.21. The molecule has 0 radical (unpaired) electrons. The Morgan fingerprint density at radius 2 is 1.73 bits per heavy atom. The summed E-state index contributed by atoms with van der Waals surface area (Å²) in [4.78, 5) is 23.6. The Balaban J connectivity index is 1.61. The predicted octanol–water partition coefficient (Wildman–Crippen LogP) is 5.03. The number of fused-ring (bicyclic) bond motifs is 3. The molecular formula is C28H22F3N5O. The van der Waals surface area contributed by atoms with Crippen LogP contribution in [-0.4, -0.2) is 40.7 Å². The molecule has 1 aliphatic heterocycles. The first-order valence-corrected chi connectivity index (χ1v) is 11.9. The number of rotatable bonds is 3. The Kier molecular flexibility index (Phi) is 5.64. The minimum absolute atomic E-state index is 0.122. The number of aromatic nitrogens is 3. The maximum Gasteiger partial charge on any atom is 0.418 e. The van der Waals surface area contributed by atoms with Crippen molar-refractivity contribution in [1.82, 2.24) is 19.9 Å². The molecule has 4 heterocycles. The van der Waals surface area contributed by atoms with Crippen LogP contribution in [0.5, 0.6) is 0 Å². The molecule has 0 spiro atoms. The summed E-state index contributed by atoms with van der Waals surface area (Å²) >= 11 is 0. The normalized spacial score (nSPS) is 14.4. The van der Waals surface area contributed by atoms with Gasteiger partial charge in [-0.25, -0.2) is 0 Å². The molecule has 1 N–H and O–H groups in total. The van der Waals surface area contributed by atoms with E-state index in [1.165, 1.54) is 16.7 Å². The summed E-state index contributed by atoms with van der Waals surface area (Å²) in [5.74, 6) is 0. The van der Waals surface area contributed by atoms with Gasteiger partial charge in [0.15, 0.2) is 0 Å². The van der Waals surface area contributed by atoms with E-state index in [0.717, 1.165) is 17.2 Å². The summed E-state index contributed by atoms with van der Waals surface area (Å²) in [6.07, 6.45) is 0.470. The van der Waals surface area contributed by atoms with Crippen LogP contribution in [0.4, 0.5) is 18.9 Å². The number of halogens is 3. The number of nitrogens with zero attached hydrogens (tertiary/aromatic N) is 4. The molecule has 0 saturated carbocycles. The van der Waals surface area contributed by atoms with Gasteiger partial charge in [-0.05, 0) is 48.0 Å². The lowest BCUT2D eigenvalue weighted by molar-refractivity contribution is -0.137. The lowest BCUT2D eigenvalue weighted by atomic mass is 10.0. The number of benzene rings is 2. The van der Waals surface area contributed by atoms with Crippen LogP contribution in [0.3, 0.4) is 0 Å². The molecule has 6 rings (SSSR count). The van der Waals surface area contributed by atoms with Crippen LogP contribution in [0.2, 0.25) is 0 Å². The quantitative estimate of drug-likeness (QED) is 0.352. The Morgan fingerprint density at radius 1 is 0.892 bits per heavy atom. The van der Waals surface area contributed by atoms with Crippen LogP contribution in [0.25, 0.3) is 38.6 Å². The largest absolute Gasteiger partial charge is 0.418 e. The summed E-state index contributed by atoms with van der Waals surface area (Å²) in [5, 5.41) is 4.47. The predicted molar refractivity (Wildman–Crippen MR) is 138 cm³/mol. The molecule has 1 aliphatic rings. The average molecular weight is 502 g/mol. The number of hydrogen-bond donors (Lipinski definition) is 1. The van der Waals surface area contributed by atoms with E-state index in [1.54, 1.807) is 35.6 Å². The molecule has 3 aromatic heterocycles. The van der Waals surface area contributed by atoms with Gasteiger partial charge in [-0.2, -0.15) is 13.2 Å². The van der Waals surface area contributed by atoms with Crippen molar-refractivity contribution in [3.05, 3.63) is 95.2 Å². The first-order valence-electron chi connectivity index (χ1n) is 11.9. The lowest BCUT2D eigenvalue weighted by Gasteiger charge is -2.32. The van der Waals surface area contributed by atoms with Crippen molar-refractivity contribution >= 4 is 27.5 Å². The van der Waals surface area contributed by atoms with E-state index in [-0.39, 0.29) is 11.4 Å². The SMILES string of the molecule is O=c1ccc2cnc3ccc(-c4cccnc4)cc3c2n1-c1ccc(N2CCNCC2)c(C(F)(F)F)c1. The first-order chi connectivity index (χ1) is 17.9. The van der Waals surface area contributed by atoms with Crippen molar-refractivity contribution in [2.75, 3.05) is 31.1 Å². The molecule has 37 heavy (non-hydrogen) atoms. The van der Waals surface area contributed by atoms with Gasteiger partial charge in [0.2, 0.25) is 0 Å². The Hall–Kier alpha value is -4.24. The van der Waals surface area contributed by atoms with Gasteiger partial charge in [0, 0.05) is 72.9 Å². The highest BCUT2D eigenvalue weighted by atomic mass is 19.4. The molecular weight excluding hydrogens is 479 g/mol. The van der Waals surface area contributed by atoms with Gasteiger partial charge in [0.05, 0.1) is 22.3 Å². The fourth-order valence-corrected chi connectivity index (χ4v) is 4.95. The van der Waals surface area contributed by atoms with Crippen LogP contribution in [0.15, 0.2) is 84.0 Å². The molecule has 5 aromatic rings. The number of nitrogens with one attached hydrogen (secondary N) is 1. The highest BCUT2D eigenvalue weighted by Crippen LogP contribution is 2.39. The zero-order chi connectivity index (χ0) is 25.6. The molecule has 0 amide bonds. The second-order valence-electron chi connectivity index (χ2n) is 8.98. The van der Waals surface area contributed by atoms with E-state index < -0.39 is 17.3 Å². The van der Waals surface area contributed by atoms with Gasteiger partial charge < -0.3 is 10.2 Å². The molecule has 0 unspecified atom stereocenters. The van der Waals surface area contributed by atoms with Gasteiger partial charge in [-0.15, -0.1) is 0 Å². The third-order valence-corrected chi connectivity index (χ3v) is 6.71. The van der Waals surface area contributed by atoms with E-state index >= 15 is 0 Å². The van der Waals surface area contributed by atoms with Crippen molar-refractivity contribution < 1.29 is 13.2 Å². The van der Waals surface area contributed by atoms with E-state index in [9.17, 15) is 18.0 Å². The van der Waals surface area contributed by atoms with Gasteiger partial charge in [-0.3, -0.25) is 19.3 Å². The molecule has 0 aliphatic carbocycles. The van der Waals surface area contributed by atoms with Gasteiger partial charge in [0.25, 0.3) is 5.56 Å². The molecule has 2 aromatic carbocycles. The summed E-state index contributed by atoms with van der Waals surface area (Å²) in [6, 6.07) is 16.5. The monoisotopic (exact) mass is 501 g/mol. The van der Waals surface area contributed by atoms with Gasteiger partial charge in [0.1, 0.15) is 0 Å². The molecule has 0 atom stereocenters. The molecule has 9 heteroatoms. The van der Waals surface area contributed by atoms with Crippen LogP contribution in [0.1, 0.15) is 5.56 Å². The highest BCUT2D eigenvalue weighted by molar-refractivity contribution is 6.05. The summed E-state index contributed by atoms with van der Waals surface area (Å²) in [5.41, 5.74) is 1.98. The van der Waals surface area contributed by atoms with E-state index in [4.69, 9.17) is 0 Å². The van der Waals surface area contributed by atoms with Crippen LogP contribution >= 0.6 is 0 Å². The minimum atomic E-state index is -4.58. The molecule has 6 nitrogen and oxygen atoms in total. The van der Waals surface area contributed by atoms with E-state index in [0.29, 0.717) is 48.0 Å².